The van der Waals surface area contributed by atoms with Crippen molar-refractivity contribution < 1.29 is 32.6 Å². The lowest BCUT2D eigenvalue weighted by Crippen LogP contribution is -2.27. The number of halogens is 3. The Morgan fingerprint density at radius 3 is 2.09 bits per heavy atom. The summed E-state index contributed by atoms with van der Waals surface area (Å²) in [5, 5.41) is 7.78. The number of carbonyl (C=O) groups excluding carboxylic acids is 1. The highest BCUT2D eigenvalue weighted by atomic mass is 19.4. The lowest BCUT2D eigenvalue weighted by atomic mass is 10.6. The maximum absolute atomic E-state index is 11.2. The summed E-state index contributed by atoms with van der Waals surface area (Å²) in [7, 11) is 0. The molecule has 0 aromatic carbocycles. The summed E-state index contributed by atoms with van der Waals surface area (Å²) in [4.78, 5) is 19.3. The van der Waals surface area contributed by atoms with Crippen LogP contribution in [0.2, 0.25) is 0 Å². The van der Waals surface area contributed by atoms with Gasteiger partial charge in [0.1, 0.15) is 0 Å². The van der Waals surface area contributed by atoms with E-state index >= 15 is 0 Å². The molecule has 0 aliphatic heterocycles. The molecule has 0 aromatic heterocycles. The van der Waals surface area contributed by atoms with Gasteiger partial charge in [-0.3, -0.25) is 0 Å². The van der Waals surface area contributed by atoms with E-state index in [1.807, 2.05) is 0 Å². The normalized spacial score (nSPS) is 10.8. The Labute approximate surface area is 58.6 Å². The van der Waals surface area contributed by atoms with Gasteiger partial charge in [0.2, 0.25) is 0 Å². The standard InChI is InChI=1S/C4H3F3O4/c5-4(6,7)3(10)11-1-2(8)9/h1H2,(H,8,9). The third kappa shape index (κ3) is 4.18. The van der Waals surface area contributed by atoms with Gasteiger partial charge in [-0.25, -0.2) is 9.59 Å². The zero-order valence-corrected chi connectivity index (χ0v) is 5.01. The molecule has 11 heavy (non-hydrogen) atoms. The molecule has 4 nitrogen and oxygen atoms in total. The molecule has 0 fully saturated rings. The minimum atomic E-state index is -5.13. The Morgan fingerprint density at radius 1 is 1.36 bits per heavy atom. The number of rotatable bonds is 2. The number of carboxylic acids is 1. The number of alkyl halides is 3. The minimum Gasteiger partial charge on any atom is -0.479 e. The Morgan fingerprint density at radius 2 is 1.82 bits per heavy atom. The summed E-state index contributed by atoms with van der Waals surface area (Å²) in [6, 6.07) is 0. The Balaban J connectivity index is 3.80. The van der Waals surface area contributed by atoms with Crippen molar-refractivity contribution in [2.75, 3.05) is 6.61 Å². The molecule has 0 atom stereocenters. The third-order valence-corrected chi connectivity index (χ3v) is 0.558. The van der Waals surface area contributed by atoms with Crippen LogP contribution in [0.15, 0.2) is 0 Å². The topological polar surface area (TPSA) is 63.6 Å². The van der Waals surface area contributed by atoms with Gasteiger partial charge in [0, 0.05) is 0 Å². The second-order valence-electron chi connectivity index (χ2n) is 1.47. The van der Waals surface area contributed by atoms with E-state index in [1.165, 1.54) is 0 Å². The van der Waals surface area contributed by atoms with Gasteiger partial charge in [0.25, 0.3) is 0 Å². The molecule has 0 aliphatic carbocycles. The molecule has 0 spiro atoms. The second-order valence-corrected chi connectivity index (χ2v) is 1.47. The molecule has 0 radical (unpaired) electrons. The smallest absolute Gasteiger partial charge is 0.479 e. The minimum absolute atomic E-state index is 1.28. The molecular weight excluding hydrogens is 169 g/mol. The SMILES string of the molecule is O=C(O)COC(=O)C(F)(F)F. The lowest BCUT2D eigenvalue weighted by molar-refractivity contribution is -0.201. The van der Waals surface area contributed by atoms with Crippen molar-refractivity contribution in [3.63, 3.8) is 0 Å². The third-order valence-electron chi connectivity index (χ3n) is 0.558. The first-order valence-corrected chi connectivity index (χ1v) is 2.30. The first kappa shape index (κ1) is 9.73. The van der Waals surface area contributed by atoms with Gasteiger partial charge in [-0.1, -0.05) is 0 Å². The van der Waals surface area contributed by atoms with Crippen LogP contribution in [0.3, 0.4) is 0 Å². The van der Waals surface area contributed by atoms with Crippen LogP contribution in [-0.4, -0.2) is 29.8 Å². The highest BCUT2D eigenvalue weighted by Gasteiger charge is 2.41. The molecule has 0 saturated carbocycles. The van der Waals surface area contributed by atoms with Crippen LogP contribution in [0.1, 0.15) is 0 Å². The predicted octanol–water partition coefficient (Wildman–Crippen LogP) is 0.177. The van der Waals surface area contributed by atoms with Crippen molar-refractivity contribution in [3.8, 4) is 0 Å². The fraction of sp³-hybridized carbons (Fsp3) is 0.500. The zero-order valence-electron chi connectivity index (χ0n) is 5.01. The molecule has 0 saturated heterocycles. The number of carboxylic acid groups (broad SMARTS) is 1. The first-order chi connectivity index (χ1) is 4.84. The van der Waals surface area contributed by atoms with E-state index < -0.39 is 24.7 Å². The maximum atomic E-state index is 11.2. The van der Waals surface area contributed by atoms with E-state index in [4.69, 9.17) is 5.11 Å². The van der Waals surface area contributed by atoms with Crippen molar-refractivity contribution in [1.82, 2.24) is 0 Å². The van der Waals surface area contributed by atoms with Gasteiger partial charge in [-0.15, -0.1) is 0 Å². The predicted molar refractivity (Wildman–Crippen MR) is 24.6 cm³/mol. The van der Waals surface area contributed by atoms with Crippen LogP contribution in [-0.2, 0) is 14.3 Å². The van der Waals surface area contributed by atoms with Gasteiger partial charge in [0.15, 0.2) is 6.61 Å². The van der Waals surface area contributed by atoms with Crippen LogP contribution >= 0.6 is 0 Å². The van der Waals surface area contributed by atoms with E-state index in [0.29, 0.717) is 0 Å². The molecule has 0 bridgehead atoms. The van der Waals surface area contributed by atoms with Gasteiger partial charge in [0.05, 0.1) is 0 Å². The maximum Gasteiger partial charge on any atom is 0.490 e. The van der Waals surface area contributed by atoms with E-state index in [1.54, 1.807) is 0 Å². The molecule has 0 heterocycles. The molecule has 0 unspecified atom stereocenters. The molecule has 1 N–H and O–H groups in total. The van der Waals surface area contributed by atoms with E-state index in [0.717, 1.165) is 0 Å². The van der Waals surface area contributed by atoms with Crippen molar-refractivity contribution in [3.05, 3.63) is 0 Å². The van der Waals surface area contributed by atoms with Crippen LogP contribution in [0.5, 0.6) is 0 Å². The van der Waals surface area contributed by atoms with Gasteiger partial charge in [-0.2, -0.15) is 13.2 Å². The Kier molecular flexibility index (Phi) is 2.85. The summed E-state index contributed by atoms with van der Waals surface area (Å²) in [5.41, 5.74) is 0. The van der Waals surface area contributed by atoms with Crippen molar-refractivity contribution in [2.24, 2.45) is 0 Å². The summed E-state index contributed by atoms with van der Waals surface area (Å²) in [5.74, 6) is -4.14. The first-order valence-electron chi connectivity index (χ1n) is 2.30. The Bertz CT molecular complexity index is 173. The average Bonchev–Trinajstić information content (AvgIpc) is 1.80. The van der Waals surface area contributed by atoms with Crippen LogP contribution in [0.25, 0.3) is 0 Å². The number of carbonyl (C=O) groups is 2. The molecule has 0 aromatic rings. The fourth-order valence-electron chi connectivity index (χ4n) is 0.209. The van der Waals surface area contributed by atoms with E-state index in [-0.39, 0.29) is 0 Å². The monoisotopic (exact) mass is 172 g/mol. The van der Waals surface area contributed by atoms with E-state index in [2.05, 4.69) is 4.74 Å². The quantitative estimate of drug-likeness (QED) is 0.603. The number of aliphatic carboxylic acids is 1. The molecule has 0 amide bonds. The largest absolute Gasteiger partial charge is 0.490 e. The second kappa shape index (κ2) is 3.22. The van der Waals surface area contributed by atoms with Gasteiger partial charge >= 0.3 is 18.1 Å². The molecule has 64 valence electrons. The molecular formula is C4H3F3O4. The van der Waals surface area contributed by atoms with Gasteiger partial charge in [-0.05, 0) is 0 Å². The van der Waals surface area contributed by atoms with Crippen molar-refractivity contribution in [2.45, 2.75) is 6.18 Å². The number of ether oxygens (including phenoxy) is 1. The summed E-state index contributed by atoms with van der Waals surface area (Å²) in [6.45, 7) is -1.28. The zero-order chi connectivity index (χ0) is 9.07. The lowest BCUT2D eigenvalue weighted by Gasteiger charge is -2.03. The number of hydrogen-bond acceptors (Lipinski definition) is 3. The van der Waals surface area contributed by atoms with Gasteiger partial charge < -0.3 is 9.84 Å². The number of hydrogen-bond donors (Lipinski definition) is 1. The fourth-order valence-corrected chi connectivity index (χ4v) is 0.209. The van der Waals surface area contributed by atoms with Crippen molar-refractivity contribution >= 4 is 11.9 Å². The van der Waals surface area contributed by atoms with Crippen LogP contribution in [0, 0.1) is 0 Å². The Hall–Kier alpha value is -1.27. The molecule has 0 rings (SSSR count). The summed E-state index contributed by atoms with van der Waals surface area (Å²) >= 11 is 0. The van der Waals surface area contributed by atoms with Crippen LogP contribution < -0.4 is 0 Å². The van der Waals surface area contributed by atoms with E-state index in [9.17, 15) is 22.8 Å². The highest BCUT2D eigenvalue weighted by molar-refractivity contribution is 5.78. The molecule has 7 heteroatoms. The highest BCUT2D eigenvalue weighted by Crippen LogP contribution is 2.15. The van der Waals surface area contributed by atoms with Crippen LogP contribution in [0.4, 0.5) is 13.2 Å². The summed E-state index contributed by atoms with van der Waals surface area (Å²) < 4.78 is 37.0. The van der Waals surface area contributed by atoms with Crippen molar-refractivity contribution in [1.29, 1.82) is 0 Å². The summed E-state index contributed by atoms with van der Waals surface area (Å²) in [6.07, 6.45) is -5.13. The average molecular weight is 172 g/mol. The number of esters is 1. The molecule has 0 aliphatic rings.